The molecule has 1 aliphatic carbocycles. The number of aliphatic hydroxyl groups excluding tert-OH is 2. The molecule has 3 aliphatic heterocycles. The molecule has 0 spiro atoms. The molecule has 23 heavy (non-hydrogen) atoms. The standard InChI is InChI=1S/C17H21NO5/c1-21-16-9-6-12-13(23-8-22-12)7-10(9)17-4-5-18(16)14(17)3-2-11(19)15(17)20/h6-7,11,14-16,19-20H,2-5,8H2,1H3/t11-,14+,15+,16-,17+/m0/s1. The summed E-state index contributed by atoms with van der Waals surface area (Å²) in [5, 5.41) is 21.2. The molecule has 0 amide bonds. The molecule has 2 bridgehead atoms. The van der Waals surface area contributed by atoms with Crippen molar-refractivity contribution in [3.8, 4) is 11.5 Å². The predicted molar refractivity (Wildman–Crippen MR) is 80.4 cm³/mol. The Kier molecular flexibility index (Phi) is 2.81. The van der Waals surface area contributed by atoms with Crippen molar-refractivity contribution in [2.45, 2.75) is 49.2 Å². The topological polar surface area (TPSA) is 71.4 Å². The van der Waals surface area contributed by atoms with Gasteiger partial charge in [0.2, 0.25) is 6.79 Å². The first kappa shape index (κ1) is 14.0. The molecule has 1 aromatic carbocycles. The van der Waals surface area contributed by atoms with E-state index in [-0.39, 0.29) is 19.1 Å². The zero-order valence-corrected chi connectivity index (χ0v) is 13.1. The van der Waals surface area contributed by atoms with E-state index in [2.05, 4.69) is 4.90 Å². The Bertz CT molecular complexity index is 665. The van der Waals surface area contributed by atoms with Gasteiger partial charge in [-0.05, 0) is 37.0 Å². The molecule has 1 aromatic rings. The first-order valence-electron chi connectivity index (χ1n) is 8.25. The van der Waals surface area contributed by atoms with Crippen LogP contribution < -0.4 is 9.47 Å². The first-order chi connectivity index (χ1) is 11.2. The van der Waals surface area contributed by atoms with E-state index in [0.29, 0.717) is 6.42 Å². The van der Waals surface area contributed by atoms with E-state index < -0.39 is 17.6 Å². The van der Waals surface area contributed by atoms with Crippen LogP contribution in [0.15, 0.2) is 12.1 Å². The number of methoxy groups -OCH3 is 1. The molecule has 5 rings (SSSR count). The van der Waals surface area contributed by atoms with Crippen LogP contribution in [0.1, 0.15) is 36.6 Å². The Hall–Kier alpha value is -1.34. The number of ether oxygens (including phenoxy) is 3. The van der Waals surface area contributed by atoms with E-state index in [1.807, 2.05) is 12.1 Å². The molecule has 6 heteroatoms. The fourth-order valence-corrected chi connectivity index (χ4v) is 5.29. The highest BCUT2D eigenvalue weighted by Gasteiger charge is 2.62. The second kappa shape index (κ2) is 4.60. The van der Waals surface area contributed by atoms with Gasteiger partial charge >= 0.3 is 0 Å². The van der Waals surface area contributed by atoms with Crippen molar-refractivity contribution < 1.29 is 24.4 Å². The number of benzene rings is 1. The zero-order chi connectivity index (χ0) is 15.8. The Morgan fingerprint density at radius 3 is 2.78 bits per heavy atom. The predicted octanol–water partition coefficient (Wildman–Crippen LogP) is 0.902. The highest BCUT2D eigenvalue weighted by atomic mass is 16.7. The van der Waals surface area contributed by atoms with Crippen molar-refractivity contribution in [3.05, 3.63) is 23.3 Å². The number of aliphatic hydroxyl groups is 2. The molecule has 1 saturated carbocycles. The molecule has 0 radical (unpaired) electrons. The number of hydrogen-bond acceptors (Lipinski definition) is 6. The molecule has 2 fully saturated rings. The van der Waals surface area contributed by atoms with Gasteiger partial charge in [-0.2, -0.15) is 0 Å². The quantitative estimate of drug-likeness (QED) is 0.801. The largest absolute Gasteiger partial charge is 0.454 e. The summed E-state index contributed by atoms with van der Waals surface area (Å²) in [5.41, 5.74) is 1.64. The van der Waals surface area contributed by atoms with E-state index in [1.165, 1.54) is 0 Å². The molecular weight excluding hydrogens is 298 g/mol. The Morgan fingerprint density at radius 1 is 1.22 bits per heavy atom. The monoisotopic (exact) mass is 319 g/mol. The summed E-state index contributed by atoms with van der Waals surface area (Å²) in [4.78, 5) is 2.33. The Balaban J connectivity index is 1.76. The third-order valence-electron chi connectivity index (χ3n) is 6.24. The lowest BCUT2D eigenvalue weighted by Crippen LogP contribution is -2.61. The molecular formula is C17H21NO5. The summed E-state index contributed by atoms with van der Waals surface area (Å²) in [6.07, 6.45) is 0.740. The normalized spacial score (nSPS) is 43.2. The molecule has 124 valence electrons. The maximum atomic E-state index is 10.9. The highest BCUT2D eigenvalue weighted by Crippen LogP contribution is 2.58. The van der Waals surface area contributed by atoms with Crippen molar-refractivity contribution in [2.24, 2.45) is 0 Å². The number of nitrogens with zero attached hydrogens (tertiary/aromatic N) is 1. The van der Waals surface area contributed by atoms with Gasteiger partial charge in [0.25, 0.3) is 0 Å². The minimum Gasteiger partial charge on any atom is -0.454 e. The van der Waals surface area contributed by atoms with Crippen LogP contribution in [0.5, 0.6) is 11.5 Å². The summed E-state index contributed by atoms with van der Waals surface area (Å²) < 4.78 is 16.9. The van der Waals surface area contributed by atoms with Gasteiger partial charge in [-0.15, -0.1) is 0 Å². The lowest BCUT2D eigenvalue weighted by molar-refractivity contribution is -0.119. The fourth-order valence-electron chi connectivity index (χ4n) is 5.29. The molecule has 1 saturated heterocycles. The number of fused-ring (bicyclic) bond motifs is 2. The van der Waals surface area contributed by atoms with Crippen molar-refractivity contribution in [3.63, 3.8) is 0 Å². The molecule has 4 aliphatic rings. The van der Waals surface area contributed by atoms with Crippen molar-refractivity contribution in [1.82, 2.24) is 4.90 Å². The smallest absolute Gasteiger partial charge is 0.231 e. The van der Waals surface area contributed by atoms with Gasteiger partial charge in [-0.1, -0.05) is 0 Å². The molecule has 1 unspecified atom stereocenters. The molecule has 2 N–H and O–H groups in total. The fraction of sp³-hybridized carbons (Fsp3) is 0.647. The van der Waals surface area contributed by atoms with Crippen molar-refractivity contribution in [1.29, 1.82) is 0 Å². The summed E-state index contributed by atoms with van der Waals surface area (Å²) in [5.74, 6) is 1.45. The average Bonchev–Trinajstić information content (AvgIpc) is 3.13. The highest BCUT2D eigenvalue weighted by molar-refractivity contribution is 5.55. The average molecular weight is 319 g/mol. The van der Waals surface area contributed by atoms with Gasteiger partial charge in [0, 0.05) is 30.7 Å². The van der Waals surface area contributed by atoms with Crippen LogP contribution in [0.4, 0.5) is 0 Å². The number of rotatable bonds is 1. The summed E-state index contributed by atoms with van der Waals surface area (Å²) in [7, 11) is 1.72. The van der Waals surface area contributed by atoms with Gasteiger partial charge in [0.15, 0.2) is 11.5 Å². The van der Waals surface area contributed by atoms with Gasteiger partial charge in [0.1, 0.15) is 6.23 Å². The Labute approximate surface area is 134 Å². The van der Waals surface area contributed by atoms with E-state index in [4.69, 9.17) is 14.2 Å². The minimum atomic E-state index is -0.761. The van der Waals surface area contributed by atoms with Gasteiger partial charge < -0.3 is 24.4 Å². The zero-order valence-electron chi connectivity index (χ0n) is 13.1. The minimum absolute atomic E-state index is 0.137. The van der Waals surface area contributed by atoms with Crippen LogP contribution in [0, 0.1) is 0 Å². The lowest BCUT2D eigenvalue weighted by atomic mass is 9.61. The maximum Gasteiger partial charge on any atom is 0.231 e. The SMILES string of the molecule is CO[C@H]1c2cc3c(cc2[C@]24CCN1[C@@H]2CC[C@H](O)[C@H]4O)OCO3. The van der Waals surface area contributed by atoms with Crippen LogP contribution in [0.25, 0.3) is 0 Å². The third kappa shape index (κ3) is 1.57. The Morgan fingerprint density at radius 2 is 2.00 bits per heavy atom. The van der Waals surface area contributed by atoms with E-state index in [1.54, 1.807) is 7.11 Å². The summed E-state index contributed by atoms with van der Waals surface area (Å²) in [6.45, 7) is 1.08. The third-order valence-corrected chi connectivity index (χ3v) is 6.24. The molecule has 3 heterocycles. The van der Waals surface area contributed by atoms with Crippen LogP contribution >= 0.6 is 0 Å². The first-order valence-corrected chi connectivity index (χ1v) is 8.25. The van der Waals surface area contributed by atoms with Crippen molar-refractivity contribution in [2.75, 3.05) is 20.4 Å². The summed E-state index contributed by atoms with van der Waals surface area (Å²) in [6, 6.07) is 4.18. The molecule has 0 aromatic heterocycles. The lowest BCUT2D eigenvalue weighted by Gasteiger charge is -2.53. The molecule has 6 nitrogen and oxygen atoms in total. The van der Waals surface area contributed by atoms with E-state index >= 15 is 0 Å². The molecule has 6 atom stereocenters. The van der Waals surface area contributed by atoms with Gasteiger partial charge in [0.05, 0.1) is 12.2 Å². The van der Waals surface area contributed by atoms with E-state index in [9.17, 15) is 10.2 Å². The van der Waals surface area contributed by atoms with Crippen LogP contribution in [0.3, 0.4) is 0 Å². The summed E-state index contributed by atoms with van der Waals surface area (Å²) >= 11 is 0. The number of hydrogen-bond donors (Lipinski definition) is 2. The van der Waals surface area contributed by atoms with Crippen LogP contribution in [0.2, 0.25) is 0 Å². The van der Waals surface area contributed by atoms with Crippen LogP contribution in [-0.4, -0.2) is 53.8 Å². The maximum absolute atomic E-state index is 10.9. The van der Waals surface area contributed by atoms with Gasteiger partial charge in [-0.3, -0.25) is 4.90 Å². The van der Waals surface area contributed by atoms with Crippen molar-refractivity contribution >= 4 is 0 Å². The second-order valence-electron chi connectivity index (χ2n) is 7.01. The van der Waals surface area contributed by atoms with E-state index in [0.717, 1.165) is 42.0 Å². The second-order valence-corrected chi connectivity index (χ2v) is 7.01. The van der Waals surface area contributed by atoms with Gasteiger partial charge in [-0.25, -0.2) is 0 Å². The van der Waals surface area contributed by atoms with Crippen LogP contribution in [-0.2, 0) is 10.2 Å².